The summed E-state index contributed by atoms with van der Waals surface area (Å²) in [4.78, 5) is 25.3. The van der Waals surface area contributed by atoms with Crippen LogP contribution in [0.5, 0.6) is 0 Å². The van der Waals surface area contributed by atoms with Crippen molar-refractivity contribution in [1.82, 2.24) is 4.90 Å². The quantitative estimate of drug-likeness (QED) is 0.906. The van der Waals surface area contributed by atoms with Gasteiger partial charge in [-0.25, -0.2) is 4.79 Å². The number of rotatable bonds is 2. The number of carboxylic acid groups (broad SMARTS) is 1. The van der Waals surface area contributed by atoms with Crippen LogP contribution in [0.2, 0.25) is 10.0 Å². The Morgan fingerprint density at radius 2 is 1.50 bits per heavy atom. The summed E-state index contributed by atoms with van der Waals surface area (Å²) >= 11 is 11.9. The Hall–Kier alpha value is -2.04. The van der Waals surface area contributed by atoms with E-state index in [2.05, 4.69) is 0 Å². The number of carboxylic acids is 1. The average Bonchev–Trinajstić information content (AvgIpc) is 2.89. The molecular weight excluding hydrogens is 325 g/mol. The van der Waals surface area contributed by atoms with Crippen molar-refractivity contribution in [3.05, 3.63) is 68.7 Å². The average molecular weight is 336 g/mol. The van der Waals surface area contributed by atoms with Gasteiger partial charge in [-0.1, -0.05) is 47.5 Å². The summed E-state index contributed by atoms with van der Waals surface area (Å²) in [5.74, 6) is -1.44. The lowest BCUT2D eigenvalue weighted by molar-refractivity contribution is 0.0694. The lowest BCUT2D eigenvalue weighted by Crippen LogP contribution is -2.25. The third-order valence-corrected chi connectivity index (χ3v) is 4.23. The summed E-state index contributed by atoms with van der Waals surface area (Å²) in [5.41, 5.74) is 2.31. The van der Waals surface area contributed by atoms with Crippen LogP contribution in [0.15, 0.2) is 36.4 Å². The number of aromatic carboxylic acids is 1. The number of fused-ring (bicyclic) bond motifs is 1. The van der Waals surface area contributed by atoms with Crippen molar-refractivity contribution in [3.63, 3.8) is 0 Å². The molecule has 0 bridgehead atoms. The van der Waals surface area contributed by atoms with Gasteiger partial charge in [0.25, 0.3) is 5.91 Å². The molecule has 4 nitrogen and oxygen atoms in total. The molecular formula is C16H11Cl2NO3. The largest absolute Gasteiger partial charge is 0.478 e. The standard InChI is InChI=1S/C16H11Cl2NO3/c17-12-5-11(6-13(18)14(12)16(21)22)15(20)19-7-9-3-1-2-4-10(9)8-19/h1-6H,7-8H2,(H,21,22). The molecule has 0 atom stereocenters. The number of benzene rings is 2. The van der Waals surface area contributed by atoms with Gasteiger partial charge < -0.3 is 10.0 Å². The molecule has 6 heteroatoms. The Kier molecular flexibility index (Phi) is 3.81. The first-order valence-corrected chi connectivity index (χ1v) is 7.31. The molecule has 0 aliphatic carbocycles. The van der Waals surface area contributed by atoms with Gasteiger partial charge in [0.05, 0.1) is 15.6 Å². The molecule has 0 saturated heterocycles. The van der Waals surface area contributed by atoms with E-state index in [1.807, 2.05) is 24.3 Å². The highest BCUT2D eigenvalue weighted by Gasteiger charge is 2.25. The number of nitrogens with zero attached hydrogens (tertiary/aromatic N) is 1. The second-order valence-corrected chi connectivity index (χ2v) is 5.86. The molecule has 0 unspecified atom stereocenters. The van der Waals surface area contributed by atoms with E-state index < -0.39 is 5.97 Å². The zero-order valence-corrected chi connectivity index (χ0v) is 12.9. The Bertz CT molecular complexity index is 741. The molecule has 2 aromatic carbocycles. The molecule has 1 amide bonds. The van der Waals surface area contributed by atoms with Gasteiger partial charge in [0.1, 0.15) is 0 Å². The van der Waals surface area contributed by atoms with Crippen LogP contribution >= 0.6 is 23.2 Å². The Balaban J connectivity index is 1.90. The predicted octanol–water partition coefficient (Wildman–Crippen LogP) is 3.85. The highest BCUT2D eigenvalue weighted by Crippen LogP contribution is 2.29. The molecule has 3 rings (SSSR count). The van der Waals surface area contributed by atoms with Crippen LogP contribution in [-0.4, -0.2) is 21.9 Å². The fraction of sp³-hybridized carbons (Fsp3) is 0.125. The third-order valence-electron chi connectivity index (χ3n) is 3.63. The molecule has 2 aromatic rings. The molecule has 112 valence electrons. The number of hydrogen-bond donors (Lipinski definition) is 1. The lowest BCUT2D eigenvalue weighted by atomic mass is 10.1. The van der Waals surface area contributed by atoms with Crippen LogP contribution in [0.25, 0.3) is 0 Å². The highest BCUT2D eigenvalue weighted by molar-refractivity contribution is 6.39. The third kappa shape index (κ3) is 2.56. The van der Waals surface area contributed by atoms with E-state index in [9.17, 15) is 9.59 Å². The predicted molar refractivity (Wildman–Crippen MR) is 83.4 cm³/mol. The number of amides is 1. The van der Waals surface area contributed by atoms with Crippen LogP contribution in [0.1, 0.15) is 31.8 Å². The molecule has 0 fully saturated rings. The monoisotopic (exact) mass is 335 g/mol. The summed E-state index contributed by atoms with van der Waals surface area (Å²) < 4.78 is 0. The first-order valence-electron chi connectivity index (χ1n) is 6.56. The van der Waals surface area contributed by atoms with Gasteiger partial charge >= 0.3 is 5.97 Å². The second-order valence-electron chi connectivity index (χ2n) is 5.05. The maximum atomic E-state index is 12.6. The number of carbonyl (C=O) groups is 2. The van der Waals surface area contributed by atoms with Gasteiger partial charge in [-0.05, 0) is 23.3 Å². The van der Waals surface area contributed by atoms with Crippen molar-refractivity contribution < 1.29 is 14.7 Å². The first kappa shape index (κ1) is 14.9. The molecule has 1 heterocycles. The molecule has 22 heavy (non-hydrogen) atoms. The van der Waals surface area contributed by atoms with Crippen LogP contribution in [0, 0.1) is 0 Å². The summed E-state index contributed by atoms with van der Waals surface area (Å²) in [6, 6.07) is 10.5. The van der Waals surface area contributed by atoms with E-state index in [1.165, 1.54) is 12.1 Å². The summed E-state index contributed by atoms with van der Waals surface area (Å²) in [5, 5.41) is 8.96. The van der Waals surface area contributed by atoms with Crippen molar-refractivity contribution in [2.75, 3.05) is 0 Å². The topological polar surface area (TPSA) is 57.6 Å². The molecule has 0 aromatic heterocycles. The summed E-state index contributed by atoms with van der Waals surface area (Å²) in [7, 11) is 0. The van der Waals surface area contributed by atoms with Gasteiger partial charge in [0.2, 0.25) is 0 Å². The summed E-state index contributed by atoms with van der Waals surface area (Å²) in [6.45, 7) is 1.04. The Morgan fingerprint density at radius 1 is 1.00 bits per heavy atom. The van der Waals surface area contributed by atoms with Crippen LogP contribution < -0.4 is 0 Å². The van der Waals surface area contributed by atoms with Gasteiger partial charge in [-0.2, -0.15) is 0 Å². The smallest absolute Gasteiger partial charge is 0.338 e. The number of hydrogen-bond acceptors (Lipinski definition) is 2. The maximum Gasteiger partial charge on any atom is 0.338 e. The normalized spacial score (nSPS) is 13.1. The van der Waals surface area contributed by atoms with Gasteiger partial charge in [0, 0.05) is 18.7 Å². The van der Waals surface area contributed by atoms with Crippen LogP contribution in [0.3, 0.4) is 0 Å². The van der Waals surface area contributed by atoms with Crippen LogP contribution in [0.4, 0.5) is 0 Å². The Labute approximate surface area is 136 Å². The number of halogens is 2. The SMILES string of the molecule is O=C(O)c1c(Cl)cc(C(=O)N2Cc3ccccc3C2)cc1Cl. The highest BCUT2D eigenvalue weighted by atomic mass is 35.5. The van der Waals surface area contributed by atoms with Crippen molar-refractivity contribution in [2.24, 2.45) is 0 Å². The van der Waals surface area contributed by atoms with Gasteiger partial charge in [-0.3, -0.25) is 4.79 Å². The molecule has 0 saturated carbocycles. The summed E-state index contributed by atoms with van der Waals surface area (Å²) in [6.07, 6.45) is 0. The van der Waals surface area contributed by atoms with Crippen molar-refractivity contribution in [2.45, 2.75) is 13.1 Å². The molecule has 0 radical (unpaired) electrons. The molecule has 1 aliphatic heterocycles. The second kappa shape index (κ2) is 5.63. The van der Waals surface area contributed by atoms with Gasteiger partial charge in [0.15, 0.2) is 0 Å². The van der Waals surface area contributed by atoms with E-state index >= 15 is 0 Å². The van der Waals surface area contributed by atoms with Crippen molar-refractivity contribution in [1.29, 1.82) is 0 Å². The van der Waals surface area contributed by atoms with E-state index in [0.29, 0.717) is 13.1 Å². The minimum absolute atomic E-state index is 0.0416. The first-order chi connectivity index (χ1) is 10.5. The fourth-order valence-corrected chi connectivity index (χ4v) is 3.21. The lowest BCUT2D eigenvalue weighted by Gasteiger charge is -2.16. The molecule has 1 N–H and O–H groups in total. The Morgan fingerprint density at radius 3 is 1.95 bits per heavy atom. The van der Waals surface area contributed by atoms with E-state index in [4.69, 9.17) is 28.3 Å². The molecule has 1 aliphatic rings. The van der Waals surface area contributed by atoms with Gasteiger partial charge in [-0.15, -0.1) is 0 Å². The fourth-order valence-electron chi connectivity index (χ4n) is 2.56. The van der Waals surface area contributed by atoms with Crippen LogP contribution in [-0.2, 0) is 13.1 Å². The number of carbonyl (C=O) groups excluding carboxylic acids is 1. The van der Waals surface area contributed by atoms with E-state index in [1.54, 1.807) is 4.90 Å². The minimum Gasteiger partial charge on any atom is -0.478 e. The maximum absolute atomic E-state index is 12.6. The van der Waals surface area contributed by atoms with Crippen molar-refractivity contribution in [3.8, 4) is 0 Å². The zero-order valence-electron chi connectivity index (χ0n) is 11.3. The minimum atomic E-state index is -1.22. The zero-order chi connectivity index (χ0) is 15.9. The molecule has 0 spiro atoms. The van der Waals surface area contributed by atoms with E-state index in [0.717, 1.165) is 11.1 Å². The van der Waals surface area contributed by atoms with E-state index in [-0.39, 0.29) is 27.1 Å². The van der Waals surface area contributed by atoms with Crippen molar-refractivity contribution >= 4 is 35.1 Å².